The third-order valence-electron chi connectivity index (χ3n) is 2.38. The van der Waals surface area contributed by atoms with Crippen LogP contribution in [0.3, 0.4) is 0 Å². The van der Waals surface area contributed by atoms with E-state index in [1.54, 1.807) is 6.92 Å². The number of carbonyl (C=O) groups excluding carboxylic acids is 1. The molecule has 0 spiro atoms. The number of hydrogen-bond donors (Lipinski definition) is 0. The first-order valence-corrected chi connectivity index (χ1v) is 5.58. The SMILES string of the molecule is COC(=O)c1sc(C2(C)OC=CO2)cc1C. The van der Waals surface area contributed by atoms with E-state index in [2.05, 4.69) is 0 Å². The Labute approximate surface area is 97.4 Å². The highest BCUT2D eigenvalue weighted by molar-refractivity contribution is 7.14. The Morgan fingerprint density at radius 2 is 2.06 bits per heavy atom. The van der Waals surface area contributed by atoms with E-state index in [0.717, 1.165) is 10.4 Å². The number of rotatable bonds is 2. The molecule has 0 atom stereocenters. The van der Waals surface area contributed by atoms with Crippen LogP contribution in [0.2, 0.25) is 0 Å². The van der Waals surface area contributed by atoms with Gasteiger partial charge in [-0.15, -0.1) is 11.3 Å². The van der Waals surface area contributed by atoms with Crippen LogP contribution in [0.5, 0.6) is 0 Å². The van der Waals surface area contributed by atoms with Gasteiger partial charge in [0.15, 0.2) is 0 Å². The fraction of sp³-hybridized carbons (Fsp3) is 0.364. The maximum Gasteiger partial charge on any atom is 0.348 e. The topological polar surface area (TPSA) is 44.8 Å². The molecular weight excluding hydrogens is 228 g/mol. The lowest BCUT2D eigenvalue weighted by atomic mass is 10.2. The minimum atomic E-state index is -0.818. The highest BCUT2D eigenvalue weighted by Gasteiger charge is 2.35. The number of methoxy groups -OCH3 is 1. The molecule has 1 aromatic heterocycles. The van der Waals surface area contributed by atoms with Crippen molar-refractivity contribution in [2.75, 3.05) is 7.11 Å². The van der Waals surface area contributed by atoms with Gasteiger partial charge in [0.2, 0.25) is 0 Å². The van der Waals surface area contributed by atoms with Crippen LogP contribution in [0, 0.1) is 6.92 Å². The van der Waals surface area contributed by atoms with Crippen LogP contribution in [0.1, 0.15) is 27.0 Å². The van der Waals surface area contributed by atoms with Crippen LogP contribution in [0.15, 0.2) is 18.6 Å². The van der Waals surface area contributed by atoms with Crippen LogP contribution in [0.25, 0.3) is 0 Å². The Morgan fingerprint density at radius 3 is 2.62 bits per heavy atom. The Morgan fingerprint density at radius 1 is 1.44 bits per heavy atom. The van der Waals surface area contributed by atoms with Crippen molar-refractivity contribution in [3.05, 3.63) is 33.9 Å². The first-order chi connectivity index (χ1) is 7.57. The second kappa shape index (κ2) is 3.83. The summed E-state index contributed by atoms with van der Waals surface area (Å²) in [5, 5.41) is 0. The zero-order valence-electron chi connectivity index (χ0n) is 9.27. The van der Waals surface area contributed by atoms with Crippen LogP contribution in [-0.2, 0) is 20.0 Å². The van der Waals surface area contributed by atoms with Crippen LogP contribution in [-0.4, -0.2) is 13.1 Å². The molecule has 86 valence electrons. The summed E-state index contributed by atoms with van der Waals surface area (Å²) in [7, 11) is 1.37. The molecule has 0 aliphatic carbocycles. The van der Waals surface area contributed by atoms with Gasteiger partial charge in [-0.3, -0.25) is 0 Å². The Kier molecular flexibility index (Phi) is 2.63. The van der Waals surface area contributed by atoms with Crippen molar-refractivity contribution in [2.45, 2.75) is 19.6 Å². The van der Waals surface area contributed by atoms with Crippen molar-refractivity contribution in [1.82, 2.24) is 0 Å². The average Bonchev–Trinajstić information content (AvgIpc) is 2.85. The molecule has 0 aromatic carbocycles. The molecule has 4 nitrogen and oxygen atoms in total. The summed E-state index contributed by atoms with van der Waals surface area (Å²) in [6, 6.07) is 1.88. The zero-order valence-corrected chi connectivity index (χ0v) is 10.1. The summed E-state index contributed by atoms with van der Waals surface area (Å²) in [6.45, 7) is 3.66. The van der Waals surface area contributed by atoms with Gasteiger partial charge in [-0.05, 0) is 18.6 Å². The average molecular weight is 240 g/mol. The maximum atomic E-state index is 11.5. The second-order valence-corrected chi connectivity index (χ2v) is 4.62. The molecule has 0 bridgehead atoms. The molecule has 0 N–H and O–H groups in total. The van der Waals surface area contributed by atoms with Gasteiger partial charge in [0.1, 0.15) is 17.4 Å². The minimum Gasteiger partial charge on any atom is -0.465 e. The molecule has 0 unspecified atom stereocenters. The van der Waals surface area contributed by atoms with E-state index in [4.69, 9.17) is 14.2 Å². The lowest BCUT2D eigenvalue weighted by Gasteiger charge is -2.20. The maximum absolute atomic E-state index is 11.5. The van der Waals surface area contributed by atoms with Gasteiger partial charge in [0, 0.05) is 6.92 Å². The van der Waals surface area contributed by atoms with Gasteiger partial charge in [-0.1, -0.05) is 0 Å². The molecule has 5 heteroatoms. The Bertz CT molecular complexity index is 439. The van der Waals surface area contributed by atoms with Crippen LogP contribution in [0.4, 0.5) is 0 Å². The van der Waals surface area contributed by atoms with Gasteiger partial charge in [-0.25, -0.2) is 4.79 Å². The Balaban J connectivity index is 2.34. The first-order valence-electron chi connectivity index (χ1n) is 4.77. The summed E-state index contributed by atoms with van der Waals surface area (Å²) in [5.41, 5.74) is 0.868. The monoisotopic (exact) mass is 240 g/mol. The second-order valence-electron chi connectivity index (χ2n) is 3.57. The largest absolute Gasteiger partial charge is 0.465 e. The van der Waals surface area contributed by atoms with Gasteiger partial charge in [0.05, 0.1) is 12.0 Å². The molecule has 1 aromatic rings. The fourth-order valence-corrected chi connectivity index (χ4v) is 2.58. The lowest BCUT2D eigenvalue weighted by Crippen LogP contribution is -2.20. The Hall–Kier alpha value is -1.49. The molecule has 0 saturated carbocycles. The third-order valence-corrected chi connectivity index (χ3v) is 3.78. The van der Waals surface area contributed by atoms with Crippen LogP contribution >= 0.6 is 11.3 Å². The van der Waals surface area contributed by atoms with Crippen LogP contribution < -0.4 is 0 Å². The highest BCUT2D eigenvalue weighted by atomic mass is 32.1. The van der Waals surface area contributed by atoms with Gasteiger partial charge in [0.25, 0.3) is 5.79 Å². The third kappa shape index (κ3) is 1.67. The van der Waals surface area contributed by atoms with Gasteiger partial charge < -0.3 is 14.2 Å². The molecule has 1 aliphatic rings. The molecular formula is C11H12O4S. The number of esters is 1. The van der Waals surface area contributed by atoms with E-state index in [-0.39, 0.29) is 5.97 Å². The summed E-state index contributed by atoms with van der Waals surface area (Å²) in [5.74, 6) is -1.15. The van der Waals surface area contributed by atoms with Crippen molar-refractivity contribution < 1.29 is 19.0 Å². The van der Waals surface area contributed by atoms with Gasteiger partial charge >= 0.3 is 5.97 Å². The molecule has 0 fully saturated rings. The molecule has 1 aliphatic heterocycles. The first kappa shape index (κ1) is 11.0. The molecule has 2 rings (SSSR count). The van der Waals surface area contributed by atoms with Crippen molar-refractivity contribution in [1.29, 1.82) is 0 Å². The van der Waals surface area contributed by atoms with Crippen molar-refractivity contribution >= 4 is 17.3 Å². The smallest absolute Gasteiger partial charge is 0.348 e. The molecule has 16 heavy (non-hydrogen) atoms. The highest BCUT2D eigenvalue weighted by Crippen LogP contribution is 2.37. The number of ether oxygens (including phenoxy) is 3. The van der Waals surface area contributed by atoms with Gasteiger partial charge in [-0.2, -0.15) is 0 Å². The molecule has 0 amide bonds. The summed E-state index contributed by atoms with van der Waals surface area (Å²) in [6.07, 6.45) is 2.99. The number of hydrogen-bond acceptors (Lipinski definition) is 5. The van der Waals surface area contributed by atoms with Crippen molar-refractivity contribution in [3.63, 3.8) is 0 Å². The van der Waals surface area contributed by atoms with Crippen molar-refractivity contribution in [2.24, 2.45) is 0 Å². The molecule has 2 heterocycles. The van der Waals surface area contributed by atoms with E-state index in [1.807, 2.05) is 13.0 Å². The zero-order chi connectivity index (χ0) is 11.8. The summed E-state index contributed by atoms with van der Waals surface area (Å²) in [4.78, 5) is 12.9. The quantitative estimate of drug-likeness (QED) is 0.745. The lowest BCUT2D eigenvalue weighted by molar-refractivity contribution is -0.130. The molecule has 0 saturated heterocycles. The van der Waals surface area contributed by atoms with E-state index in [0.29, 0.717) is 4.88 Å². The summed E-state index contributed by atoms with van der Waals surface area (Å²) >= 11 is 1.32. The predicted molar refractivity (Wildman–Crippen MR) is 59.1 cm³/mol. The van der Waals surface area contributed by atoms with E-state index >= 15 is 0 Å². The fourth-order valence-electron chi connectivity index (χ4n) is 1.46. The number of aryl methyl sites for hydroxylation is 1. The number of carbonyl (C=O) groups is 1. The van der Waals surface area contributed by atoms with Crippen molar-refractivity contribution in [3.8, 4) is 0 Å². The van der Waals surface area contributed by atoms with E-state index in [1.165, 1.54) is 31.0 Å². The molecule has 0 radical (unpaired) electrons. The van der Waals surface area contributed by atoms with E-state index < -0.39 is 5.79 Å². The number of thiophene rings is 1. The standard InChI is InChI=1S/C11H12O4S/c1-7-6-8(11(2)14-4-5-15-11)16-9(7)10(12)13-3/h4-6H,1-3H3. The minimum absolute atomic E-state index is 0.330. The normalized spacial score (nSPS) is 16.7. The summed E-state index contributed by atoms with van der Waals surface area (Å²) < 4.78 is 15.4. The van der Waals surface area contributed by atoms with E-state index in [9.17, 15) is 4.79 Å². The predicted octanol–water partition coefficient (Wildman–Crippen LogP) is 2.53.